The first-order valence-electron chi connectivity index (χ1n) is 14.3. The molecule has 8 aromatic rings. The van der Waals surface area contributed by atoms with E-state index in [1.165, 1.54) is 0 Å². The molecule has 0 fully saturated rings. The minimum atomic E-state index is -3.36. The van der Waals surface area contributed by atoms with E-state index in [2.05, 4.69) is 42.5 Å². The number of hydrogen-bond acceptors (Lipinski definition) is 4. The number of sulfone groups is 1. The van der Waals surface area contributed by atoms with Crippen molar-refractivity contribution in [2.24, 2.45) is 0 Å². The second-order valence-corrected chi connectivity index (χ2v) is 13.4. The Morgan fingerprint density at radius 1 is 0.442 bits per heavy atom. The fraction of sp³-hybridized carbons (Fsp3) is 0.0526. The topological polar surface area (TPSA) is 60.4 Å². The summed E-state index contributed by atoms with van der Waals surface area (Å²) >= 11 is 0. The summed E-state index contributed by atoms with van der Waals surface area (Å²) in [6, 6.07) is 40.8. The van der Waals surface area contributed by atoms with E-state index in [1.54, 1.807) is 0 Å². The normalized spacial score (nSPS) is 14.2. The quantitative estimate of drug-likeness (QED) is 0.205. The van der Waals surface area contributed by atoms with Crippen LogP contribution in [-0.4, -0.2) is 8.42 Å². The molecule has 9 rings (SSSR count). The van der Waals surface area contributed by atoms with E-state index in [9.17, 15) is 8.42 Å². The van der Waals surface area contributed by atoms with Gasteiger partial charge >= 0.3 is 0 Å². The summed E-state index contributed by atoms with van der Waals surface area (Å²) in [5, 5.41) is 4.25. The molecule has 0 saturated heterocycles. The fourth-order valence-corrected chi connectivity index (χ4v) is 8.26. The Labute approximate surface area is 247 Å². The van der Waals surface area contributed by atoms with Gasteiger partial charge in [-0.05, 0) is 87.0 Å². The third-order valence-electron chi connectivity index (χ3n) is 8.68. The zero-order valence-electron chi connectivity index (χ0n) is 23.0. The van der Waals surface area contributed by atoms with Crippen LogP contribution in [0.15, 0.2) is 130 Å². The van der Waals surface area contributed by atoms with Crippen LogP contribution < -0.4 is 0 Å². The highest BCUT2D eigenvalue weighted by atomic mass is 32.2. The summed E-state index contributed by atoms with van der Waals surface area (Å²) in [5.74, 6) is 0.0114. The molecule has 0 amide bonds. The smallest absolute Gasteiger partial charge is 0.158 e. The Morgan fingerprint density at radius 2 is 1.09 bits per heavy atom. The van der Waals surface area contributed by atoms with Crippen molar-refractivity contribution >= 4 is 53.7 Å². The number of benzene rings is 6. The maximum absolute atomic E-state index is 13.3. The van der Waals surface area contributed by atoms with E-state index >= 15 is 0 Å². The van der Waals surface area contributed by atoms with Gasteiger partial charge in [-0.1, -0.05) is 78.9 Å². The van der Waals surface area contributed by atoms with Crippen LogP contribution in [0.4, 0.5) is 0 Å². The average molecular weight is 577 g/mol. The molecule has 0 spiro atoms. The second kappa shape index (κ2) is 8.93. The second-order valence-electron chi connectivity index (χ2n) is 11.4. The molecule has 6 aromatic carbocycles. The Hall–Kier alpha value is -5.13. The summed E-state index contributed by atoms with van der Waals surface area (Å²) in [6.45, 7) is 0. The van der Waals surface area contributed by atoms with E-state index in [1.807, 2.05) is 78.9 Å². The number of furan rings is 2. The molecular weight excluding hydrogens is 552 g/mol. The van der Waals surface area contributed by atoms with Gasteiger partial charge in [-0.3, -0.25) is 0 Å². The number of rotatable bonds is 2. The van der Waals surface area contributed by atoms with Crippen LogP contribution in [0, 0.1) is 0 Å². The highest BCUT2D eigenvalue weighted by Gasteiger charge is 2.25. The average Bonchev–Trinajstić information content (AvgIpc) is 3.56. The molecule has 0 atom stereocenters. The van der Waals surface area contributed by atoms with Gasteiger partial charge < -0.3 is 8.83 Å². The minimum absolute atomic E-state index is 0.000970. The Morgan fingerprint density at radius 3 is 1.98 bits per heavy atom. The first kappa shape index (κ1) is 24.5. The molecule has 1 aliphatic rings. The first-order chi connectivity index (χ1) is 21.0. The minimum Gasteiger partial charge on any atom is -0.456 e. The standard InChI is InChI=1S/C38H24O4S/c39-43(40)21-26-13-12-25(29-8-5-11-37-38(29)31-7-2-4-10-35(31)42-37)20-32(26)28-16-14-23(18-27(28)22-43)24-15-17-36-33(19-24)30-6-1-3-9-34(30)41-36/h1-20H,21-22H2. The lowest BCUT2D eigenvalue weighted by atomic mass is 9.90. The van der Waals surface area contributed by atoms with Gasteiger partial charge in [0.2, 0.25) is 0 Å². The van der Waals surface area contributed by atoms with Crippen molar-refractivity contribution in [2.45, 2.75) is 11.5 Å². The van der Waals surface area contributed by atoms with Gasteiger partial charge in [0, 0.05) is 21.5 Å². The zero-order chi connectivity index (χ0) is 28.7. The zero-order valence-corrected chi connectivity index (χ0v) is 23.8. The highest BCUT2D eigenvalue weighted by Crippen LogP contribution is 2.42. The summed E-state index contributed by atoms with van der Waals surface area (Å²) in [7, 11) is -3.36. The van der Waals surface area contributed by atoms with Crippen molar-refractivity contribution in [3.05, 3.63) is 132 Å². The van der Waals surface area contributed by atoms with E-state index in [-0.39, 0.29) is 11.5 Å². The van der Waals surface area contributed by atoms with Crippen molar-refractivity contribution in [3.63, 3.8) is 0 Å². The lowest BCUT2D eigenvalue weighted by Crippen LogP contribution is -2.05. The summed E-state index contributed by atoms with van der Waals surface area (Å²) in [4.78, 5) is 0. The van der Waals surface area contributed by atoms with Crippen LogP contribution >= 0.6 is 0 Å². The first-order valence-corrected chi connectivity index (χ1v) is 16.1. The molecule has 5 heteroatoms. The highest BCUT2D eigenvalue weighted by molar-refractivity contribution is 7.89. The molecule has 2 aromatic heterocycles. The SMILES string of the molecule is O=S1(=O)Cc2cc(-c3ccc4oc5ccccc5c4c3)ccc2-c2cc(-c3cccc4oc5ccccc5c34)ccc2C1. The molecule has 0 radical (unpaired) electrons. The van der Waals surface area contributed by atoms with Gasteiger partial charge in [0.05, 0.1) is 11.5 Å². The van der Waals surface area contributed by atoms with Crippen LogP contribution in [0.5, 0.6) is 0 Å². The van der Waals surface area contributed by atoms with Crippen LogP contribution in [0.25, 0.3) is 77.3 Å². The van der Waals surface area contributed by atoms with Gasteiger partial charge in [-0.25, -0.2) is 8.42 Å². The van der Waals surface area contributed by atoms with E-state index in [0.717, 1.165) is 88.4 Å². The van der Waals surface area contributed by atoms with Crippen LogP contribution in [0.2, 0.25) is 0 Å². The van der Waals surface area contributed by atoms with Crippen LogP contribution in [-0.2, 0) is 21.3 Å². The van der Waals surface area contributed by atoms with Gasteiger partial charge in [0.25, 0.3) is 0 Å². The molecule has 0 saturated carbocycles. The predicted octanol–water partition coefficient (Wildman–Crippen LogP) is 9.91. The van der Waals surface area contributed by atoms with Gasteiger partial charge in [0.1, 0.15) is 22.3 Å². The molecule has 0 bridgehead atoms. The van der Waals surface area contributed by atoms with Gasteiger partial charge in [-0.2, -0.15) is 0 Å². The van der Waals surface area contributed by atoms with Crippen molar-refractivity contribution in [3.8, 4) is 33.4 Å². The van der Waals surface area contributed by atoms with E-state index in [4.69, 9.17) is 8.83 Å². The largest absolute Gasteiger partial charge is 0.456 e. The monoisotopic (exact) mass is 576 g/mol. The molecule has 43 heavy (non-hydrogen) atoms. The van der Waals surface area contributed by atoms with Crippen molar-refractivity contribution in [2.75, 3.05) is 0 Å². The van der Waals surface area contributed by atoms with Crippen LogP contribution in [0.3, 0.4) is 0 Å². The van der Waals surface area contributed by atoms with Crippen molar-refractivity contribution in [1.29, 1.82) is 0 Å². The van der Waals surface area contributed by atoms with Crippen molar-refractivity contribution in [1.82, 2.24) is 0 Å². The maximum Gasteiger partial charge on any atom is 0.158 e. The summed E-state index contributed by atoms with van der Waals surface area (Å²) < 4.78 is 38.9. The molecule has 1 aliphatic heterocycles. The molecule has 4 nitrogen and oxygen atoms in total. The van der Waals surface area contributed by atoms with Gasteiger partial charge in [0.15, 0.2) is 9.84 Å². The third kappa shape index (κ3) is 3.85. The molecule has 0 aliphatic carbocycles. The number of hydrogen-bond donors (Lipinski definition) is 0. The number of fused-ring (bicyclic) bond motifs is 9. The lowest BCUT2D eigenvalue weighted by Gasteiger charge is -2.13. The fourth-order valence-electron chi connectivity index (χ4n) is 6.72. The lowest BCUT2D eigenvalue weighted by molar-refractivity contribution is 0.595. The molecule has 0 unspecified atom stereocenters. The third-order valence-corrected chi connectivity index (χ3v) is 10.2. The Balaban J connectivity index is 1.21. The number of para-hydroxylation sites is 2. The Kier molecular flexibility index (Phi) is 5.08. The maximum atomic E-state index is 13.3. The van der Waals surface area contributed by atoms with E-state index in [0.29, 0.717) is 0 Å². The molecule has 206 valence electrons. The van der Waals surface area contributed by atoms with Crippen LogP contribution in [0.1, 0.15) is 11.1 Å². The molecule has 0 N–H and O–H groups in total. The van der Waals surface area contributed by atoms with Crippen molar-refractivity contribution < 1.29 is 17.3 Å². The molecule has 3 heterocycles. The van der Waals surface area contributed by atoms with Gasteiger partial charge in [-0.15, -0.1) is 0 Å². The summed E-state index contributed by atoms with van der Waals surface area (Å²) in [6.07, 6.45) is 0. The Bertz CT molecular complexity index is 2530. The predicted molar refractivity (Wildman–Crippen MR) is 174 cm³/mol. The summed E-state index contributed by atoms with van der Waals surface area (Å²) in [5.41, 5.74) is 11.0. The van der Waals surface area contributed by atoms with E-state index < -0.39 is 9.84 Å². The molecular formula is C38H24O4S.